The van der Waals surface area contributed by atoms with Gasteiger partial charge in [0, 0.05) is 26.2 Å². The molecule has 0 aromatic rings. The van der Waals surface area contributed by atoms with Gasteiger partial charge in [-0.2, -0.15) is 0 Å². The summed E-state index contributed by atoms with van der Waals surface area (Å²) in [5.41, 5.74) is 0. The number of sulfone groups is 1. The Morgan fingerprint density at radius 2 is 1.82 bits per heavy atom. The molecule has 0 spiro atoms. The van der Waals surface area contributed by atoms with Gasteiger partial charge in [-0.15, -0.1) is 0 Å². The molecule has 0 bridgehead atoms. The lowest BCUT2D eigenvalue weighted by molar-refractivity contribution is 0.208. The Hall–Kier alpha value is -0.130. The quantitative estimate of drug-likeness (QED) is 0.723. The molecule has 4 nitrogen and oxygen atoms in total. The van der Waals surface area contributed by atoms with Gasteiger partial charge in [0.05, 0.1) is 11.5 Å². The third-order valence-electron chi connectivity index (χ3n) is 3.93. The molecule has 0 amide bonds. The van der Waals surface area contributed by atoms with Gasteiger partial charge < -0.3 is 9.80 Å². The largest absolute Gasteiger partial charge is 0.306 e. The Morgan fingerprint density at radius 3 is 2.53 bits per heavy atom. The van der Waals surface area contributed by atoms with E-state index in [0.717, 1.165) is 25.6 Å². The first kappa shape index (κ1) is 13.3. The van der Waals surface area contributed by atoms with Crippen LogP contribution >= 0.6 is 0 Å². The van der Waals surface area contributed by atoms with Crippen LogP contribution in [-0.2, 0) is 9.84 Å². The zero-order chi connectivity index (χ0) is 12.3. The van der Waals surface area contributed by atoms with Crippen LogP contribution in [0.2, 0.25) is 0 Å². The molecule has 2 aliphatic rings. The van der Waals surface area contributed by atoms with Gasteiger partial charge >= 0.3 is 0 Å². The maximum Gasteiger partial charge on any atom is 0.152 e. The Labute approximate surface area is 105 Å². The molecule has 0 aliphatic carbocycles. The summed E-state index contributed by atoms with van der Waals surface area (Å²) in [4.78, 5) is 4.75. The van der Waals surface area contributed by atoms with Crippen LogP contribution in [0.4, 0.5) is 0 Å². The monoisotopic (exact) mass is 260 g/mol. The summed E-state index contributed by atoms with van der Waals surface area (Å²) in [5.74, 6) is 1.44. The van der Waals surface area contributed by atoms with Crippen molar-refractivity contribution in [1.82, 2.24) is 9.80 Å². The van der Waals surface area contributed by atoms with Gasteiger partial charge in [-0.25, -0.2) is 8.42 Å². The topological polar surface area (TPSA) is 40.6 Å². The minimum Gasteiger partial charge on any atom is -0.306 e. The van der Waals surface area contributed by atoms with Crippen molar-refractivity contribution in [2.45, 2.75) is 19.3 Å². The van der Waals surface area contributed by atoms with Crippen molar-refractivity contribution in [2.24, 2.45) is 5.92 Å². The van der Waals surface area contributed by atoms with E-state index in [2.05, 4.69) is 16.8 Å². The van der Waals surface area contributed by atoms with E-state index in [-0.39, 0.29) is 0 Å². The van der Waals surface area contributed by atoms with Crippen LogP contribution in [0, 0.1) is 5.92 Å². The maximum atomic E-state index is 11.4. The highest BCUT2D eigenvalue weighted by molar-refractivity contribution is 7.91. The fraction of sp³-hybridized carbons (Fsp3) is 1.00. The second-order valence-corrected chi connectivity index (χ2v) is 7.88. The fourth-order valence-corrected chi connectivity index (χ4v) is 4.16. The standard InChI is InChI=1S/C12H24N2O2S/c1-13-5-3-2-4-12(10-13)11-14-6-8-17(15,16)9-7-14/h12H,2-11H2,1H3. The van der Waals surface area contributed by atoms with Crippen molar-refractivity contribution in [2.75, 3.05) is 51.3 Å². The van der Waals surface area contributed by atoms with Gasteiger partial charge in [0.2, 0.25) is 0 Å². The van der Waals surface area contributed by atoms with Crippen molar-refractivity contribution < 1.29 is 8.42 Å². The van der Waals surface area contributed by atoms with Crippen LogP contribution in [0.15, 0.2) is 0 Å². The van der Waals surface area contributed by atoms with Crippen LogP contribution < -0.4 is 0 Å². The summed E-state index contributed by atoms with van der Waals surface area (Å²) in [5, 5.41) is 0. The van der Waals surface area contributed by atoms with Crippen molar-refractivity contribution in [3.8, 4) is 0 Å². The van der Waals surface area contributed by atoms with E-state index >= 15 is 0 Å². The van der Waals surface area contributed by atoms with Gasteiger partial charge in [0.15, 0.2) is 9.84 Å². The number of hydrogen-bond donors (Lipinski definition) is 0. The average molecular weight is 260 g/mol. The zero-order valence-electron chi connectivity index (χ0n) is 10.8. The lowest BCUT2D eigenvalue weighted by Crippen LogP contribution is -2.43. The summed E-state index contributed by atoms with van der Waals surface area (Å²) in [6, 6.07) is 0. The van der Waals surface area contributed by atoms with Gasteiger partial charge in [0.1, 0.15) is 0 Å². The third-order valence-corrected chi connectivity index (χ3v) is 5.53. The SMILES string of the molecule is CN1CCCCC(CN2CCS(=O)(=O)CC2)C1. The Bertz CT molecular complexity index is 328. The molecule has 2 rings (SSSR count). The predicted molar refractivity (Wildman–Crippen MR) is 69.9 cm³/mol. The molecule has 2 aliphatic heterocycles. The average Bonchev–Trinajstić information content (AvgIpc) is 2.46. The molecule has 0 radical (unpaired) electrons. The highest BCUT2D eigenvalue weighted by Gasteiger charge is 2.24. The lowest BCUT2D eigenvalue weighted by atomic mass is 10.0. The Balaban J connectivity index is 1.80. The predicted octanol–water partition coefficient (Wildman–Crippen LogP) is 0.449. The smallest absolute Gasteiger partial charge is 0.152 e. The molecule has 100 valence electrons. The maximum absolute atomic E-state index is 11.4. The van der Waals surface area contributed by atoms with Gasteiger partial charge in [-0.3, -0.25) is 0 Å². The van der Waals surface area contributed by atoms with Crippen LogP contribution in [0.5, 0.6) is 0 Å². The van der Waals surface area contributed by atoms with Gasteiger partial charge in [-0.05, 0) is 32.4 Å². The Kier molecular flexibility index (Phi) is 4.44. The van der Waals surface area contributed by atoms with E-state index in [4.69, 9.17) is 0 Å². The molecule has 0 saturated carbocycles. The van der Waals surface area contributed by atoms with Crippen LogP contribution in [0.3, 0.4) is 0 Å². The molecule has 2 heterocycles. The second kappa shape index (κ2) is 5.67. The van der Waals surface area contributed by atoms with Crippen molar-refractivity contribution >= 4 is 9.84 Å². The second-order valence-electron chi connectivity index (χ2n) is 5.58. The minimum atomic E-state index is -2.73. The Morgan fingerprint density at radius 1 is 1.12 bits per heavy atom. The first-order valence-electron chi connectivity index (χ1n) is 6.66. The molecule has 5 heteroatoms. The number of hydrogen-bond acceptors (Lipinski definition) is 4. The summed E-state index contributed by atoms with van der Waals surface area (Å²) in [6.07, 6.45) is 3.93. The molecular formula is C12H24N2O2S. The number of likely N-dealkylation sites (tertiary alicyclic amines) is 1. The van der Waals surface area contributed by atoms with Crippen molar-refractivity contribution in [1.29, 1.82) is 0 Å². The molecule has 0 aromatic heterocycles. The van der Waals surface area contributed by atoms with E-state index in [1.165, 1.54) is 32.4 Å². The molecule has 0 N–H and O–H groups in total. The van der Waals surface area contributed by atoms with Gasteiger partial charge in [0.25, 0.3) is 0 Å². The van der Waals surface area contributed by atoms with Crippen LogP contribution in [0.25, 0.3) is 0 Å². The van der Waals surface area contributed by atoms with Crippen molar-refractivity contribution in [3.05, 3.63) is 0 Å². The van der Waals surface area contributed by atoms with E-state index in [9.17, 15) is 8.42 Å². The minimum absolute atomic E-state index is 0.357. The molecule has 0 aromatic carbocycles. The van der Waals surface area contributed by atoms with Crippen LogP contribution in [-0.4, -0.2) is 69.5 Å². The first-order chi connectivity index (χ1) is 8.05. The summed E-state index contributed by atoms with van der Waals surface area (Å²) in [7, 11) is -0.533. The fourth-order valence-electron chi connectivity index (χ4n) is 2.89. The summed E-state index contributed by atoms with van der Waals surface area (Å²) >= 11 is 0. The summed E-state index contributed by atoms with van der Waals surface area (Å²) < 4.78 is 22.7. The van der Waals surface area contributed by atoms with E-state index in [1.807, 2.05) is 0 Å². The molecule has 2 fully saturated rings. The molecular weight excluding hydrogens is 236 g/mol. The molecule has 17 heavy (non-hydrogen) atoms. The molecule has 1 atom stereocenters. The summed E-state index contributed by atoms with van der Waals surface area (Å²) in [6.45, 7) is 4.94. The highest BCUT2D eigenvalue weighted by Crippen LogP contribution is 2.17. The third kappa shape index (κ3) is 4.23. The normalized spacial score (nSPS) is 32.2. The zero-order valence-corrected chi connectivity index (χ0v) is 11.6. The first-order valence-corrected chi connectivity index (χ1v) is 8.49. The molecule has 2 saturated heterocycles. The van der Waals surface area contributed by atoms with E-state index in [0.29, 0.717) is 11.5 Å². The van der Waals surface area contributed by atoms with Gasteiger partial charge in [-0.1, -0.05) is 6.42 Å². The van der Waals surface area contributed by atoms with E-state index < -0.39 is 9.84 Å². The molecule has 1 unspecified atom stereocenters. The highest BCUT2D eigenvalue weighted by atomic mass is 32.2. The van der Waals surface area contributed by atoms with Crippen molar-refractivity contribution in [3.63, 3.8) is 0 Å². The number of rotatable bonds is 2. The lowest BCUT2D eigenvalue weighted by Gasteiger charge is -2.31. The van der Waals surface area contributed by atoms with E-state index in [1.54, 1.807) is 0 Å². The number of nitrogens with zero attached hydrogens (tertiary/aromatic N) is 2. The van der Waals surface area contributed by atoms with Crippen LogP contribution in [0.1, 0.15) is 19.3 Å².